The Balaban J connectivity index is 1.33. The number of ether oxygens (including phenoxy) is 1. The average molecular weight is 544 g/mol. The molecule has 7 aliphatic rings. The quantitative estimate of drug-likeness (QED) is 0.294. The largest absolute Gasteiger partial charge is 0.469 e. The highest BCUT2D eigenvalue weighted by Crippen LogP contribution is 2.74. The number of allylic oxidation sites excluding steroid dienone is 2. The Morgan fingerprint density at radius 1 is 1.05 bits per heavy atom. The van der Waals surface area contributed by atoms with Gasteiger partial charge in [-0.1, -0.05) is 51.0 Å². The standard InChI is InChI=1S/C36H49NO3/c1-21(2)26-19-36-17-14-28-34(4,15-9-16-35(28,5)33(39)40-6)29(36)18-25(26)27-20-37(32(38)30(27)36)31-22(3)12-13-23-10-7-8-11-24(23)31/h12-13,19,21,25,27-30H,7-11,14-18,20H2,1-6H3/t25-,27+,28+,29+,30-,34-,35+,36-/m0/s1. The lowest BCUT2D eigenvalue weighted by molar-refractivity contribution is -0.195. The highest BCUT2D eigenvalue weighted by atomic mass is 16.5. The number of nitrogens with zero attached hydrogens (tertiary/aromatic N) is 1. The number of hydrogen-bond donors (Lipinski definition) is 0. The number of rotatable bonds is 3. The van der Waals surface area contributed by atoms with Gasteiger partial charge in [-0.25, -0.2) is 0 Å². The molecule has 3 saturated carbocycles. The summed E-state index contributed by atoms with van der Waals surface area (Å²) >= 11 is 0. The number of methoxy groups -OCH3 is 1. The third kappa shape index (κ3) is 3.31. The van der Waals surface area contributed by atoms with E-state index in [0.29, 0.717) is 35.5 Å². The zero-order chi connectivity index (χ0) is 28.2. The van der Waals surface area contributed by atoms with Gasteiger partial charge < -0.3 is 9.64 Å². The number of hydrogen-bond acceptors (Lipinski definition) is 3. The molecule has 1 spiro atoms. The van der Waals surface area contributed by atoms with Crippen LogP contribution in [0.4, 0.5) is 5.69 Å². The van der Waals surface area contributed by atoms with Crippen molar-refractivity contribution in [1.29, 1.82) is 0 Å². The molecule has 0 N–H and O–H groups in total. The van der Waals surface area contributed by atoms with E-state index < -0.39 is 5.41 Å². The second-order valence-corrected chi connectivity index (χ2v) is 15.3. The molecule has 1 aliphatic heterocycles. The SMILES string of the molecule is COC(=O)[C@]1(C)CCC[C@]2(C)[C@H]3C[C@H]4C(C(C)C)=C[C@]3(CC[C@H]21)[C@@H]1C(=O)N(c2c(C)ccc3c2CCCC3)C[C@@H]14. The first-order chi connectivity index (χ1) is 19.1. The van der Waals surface area contributed by atoms with Crippen LogP contribution < -0.4 is 4.90 Å². The predicted molar refractivity (Wildman–Crippen MR) is 159 cm³/mol. The molecular weight excluding hydrogens is 494 g/mol. The summed E-state index contributed by atoms with van der Waals surface area (Å²) in [5.74, 6) is 2.60. The van der Waals surface area contributed by atoms with Crippen LogP contribution in [0, 0.1) is 58.7 Å². The van der Waals surface area contributed by atoms with Crippen LogP contribution in [-0.4, -0.2) is 25.5 Å². The minimum atomic E-state index is -0.421. The maximum Gasteiger partial charge on any atom is 0.311 e. The van der Waals surface area contributed by atoms with Crippen molar-refractivity contribution in [3.63, 3.8) is 0 Å². The molecule has 1 heterocycles. The monoisotopic (exact) mass is 543 g/mol. The fourth-order valence-electron chi connectivity index (χ4n) is 11.8. The number of carbonyl (C=O) groups excluding carboxylic acids is 2. The first-order valence-corrected chi connectivity index (χ1v) is 16.3. The van der Waals surface area contributed by atoms with Gasteiger partial charge in [-0.3, -0.25) is 9.59 Å². The minimum Gasteiger partial charge on any atom is -0.469 e. The summed E-state index contributed by atoms with van der Waals surface area (Å²) < 4.78 is 5.43. The van der Waals surface area contributed by atoms with Gasteiger partial charge in [0.1, 0.15) is 0 Å². The third-order valence-electron chi connectivity index (χ3n) is 13.4. The van der Waals surface area contributed by atoms with Crippen molar-refractivity contribution in [2.45, 2.75) is 98.8 Å². The minimum absolute atomic E-state index is 0.0240. The van der Waals surface area contributed by atoms with Crippen molar-refractivity contribution in [2.24, 2.45) is 51.8 Å². The zero-order valence-electron chi connectivity index (χ0n) is 25.6. The summed E-state index contributed by atoms with van der Waals surface area (Å²) in [7, 11) is 1.56. The molecule has 0 unspecified atom stereocenters. The molecule has 1 amide bonds. The number of carbonyl (C=O) groups is 2. The summed E-state index contributed by atoms with van der Waals surface area (Å²) in [6, 6.07) is 4.59. The van der Waals surface area contributed by atoms with Crippen molar-refractivity contribution in [2.75, 3.05) is 18.6 Å². The Bertz CT molecular complexity index is 1290. The van der Waals surface area contributed by atoms with Gasteiger partial charge in [0.15, 0.2) is 0 Å². The first kappa shape index (κ1) is 26.8. The molecule has 1 aromatic rings. The van der Waals surface area contributed by atoms with Gasteiger partial charge in [0.05, 0.1) is 18.4 Å². The van der Waals surface area contributed by atoms with Crippen molar-refractivity contribution in [3.8, 4) is 0 Å². The molecule has 4 fully saturated rings. The molecule has 0 radical (unpaired) electrons. The topological polar surface area (TPSA) is 46.6 Å². The highest BCUT2D eigenvalue weighted by molar-refractivity contribution is 6.00. The van der Waals surface area contributed by atoms with E-state index in [4.69, 9.17) is 4.74 Å². The van der Waals surface area contributed by atoms with E-state index >= 15 is 0 Å². The van der Waals surface area contributed by atoms with E-state index in [2.05, 4.69) is 57.7 Å². The first-order valence-electron chi connectivity index (χ1n) is 16.3. The van der Waals surface area contributed by atoms with E-state index in [1.807, 2.05) is 0 Å². The van der Waals surface area contributed by atoms with Crippen molar-refractivity contribution < 1.29 is 14.3 Å². The molecule has 2 bridgehead atoms. The normalized spacial score (nSPS) is 41.7. The van der Waals surface area contributed by atoms with Gasteiger partial charge in [-0.15, -0.1) is 0 Å². The Hall–Kier alpha value is -2.10. The van der Waals surface area contributed by atoms with Crippen molar-refractivity contribution in [3.05, 3.63) is 40.5 Å². The summed E-state index contributed by atoms with van der Waals surface area (Å²) in [4.78, 5) is 30.4. The molecule has 4 nitrogen and oxygen atoms in total. The average Bonchev–Trinajstić information content (AvgIpc) is 3.30. The maximum absolute atomic E-state index is 14.9. The van der Waals surface area contributed by atoms with E-state index in [1.54, 1.807) is 12.7 Å². The van der Waals surface area contributed by atoms with Crippen LogP contribution in [0.25, 0.3) is 0 Å². The van der Waals surface area contributed by atoms with Crippen LogP contribution >= 0.6 is 0 Å². The van der Waals surface area contributed by atoms with Crippen LogP contribution in [0.1, 0.15) is 95.8 Å². The molecular formula is C36H49NO3. The van der Waals surface area contributed by atoms with Crippen LogP contribution in [0.15, 0.2) is 23.8 Å². The van der Waals surface area contributed by atoms with E-state index in [1.165, 1.54) is 41.6 Å². The Kier molecular flexibility index (Phi) is 5.99. The molecule has 6 aliphatic carbocycles. The van der Waals surface area contributed by atoms with Crippen LogP contribution in [-0.2, 0) is 27.2 Å². The summed E-state index contributed by atoms with van der Waals surface area (Å²) in [5.41, 5.74) is 6.60. The lowest BCUT2D eigenvalue weighted by Gasteiger charge is -2.68. The zero-order valence-corrected chi connectivity index (χ0v) is 25.6. The number of esters is 1. The fourth-order valence-corrected chi connectivity index (χ4v) is 11.8. The van der Waals surface area contributed by atoms with Crippen molar-refractivity contribution >= 4 is 17.6 Å². The van der Waals surface area contributed by atoms with Crippen LogP contribution in [0.5, 0.6) is 0 Å². The fraction of sp³-hybridized carbons (Fsp3) is 0.722. The molecule has 40 heavy (non-hydrogen) atoms. The van der Waals surface area contributed by atoms with Gasteiger partial charge in [0, 0.05) is 17.6 Å². The molecule has 4 heteroatoms. The molecule has 8 rings (SSSR count). The number of benzene rings is 1. The number of amides is 1. The van der Waals surface area contributed by atoms with Crippen LogP contribution in [0.3, 0.4) is 0 Å². The summed E-state index contributed by atoms with van der Waals surface area (Å²) in [5, 5.41) is 0. The summed E-state index contributed by atoms with van der Waals surface area (Å²) in [6.45, 7) is 12.5. The maximum atomic E-state index is 14.9. The highest BCUT2D eigenvalue weighted by Gasteiger charge is 2.71. The van der Waals surface area contributed by atoms with Gasteiger partial charge in [0.25, 0.3) is 0 Å². The number of aryl methyl sites for hydroxylation is 2. The Labute approximate surface area is 241 Å². The number of fused-ring (bicyclic) bond motifs is 2. The van der Waals surface area contributed by atoms with E-state index in [0.717, 1.165) is 51.5 Å². The molecule has 0 aromatic heterocycles. The van der Waals surface area contributed by atoms with Gasteiger partial charge in [-0.05, 0) is 123 Å². The molecule has 1 aromatic carbocycles. The van der Waals surface area contributed by atoms with Gasteiger partial charge in [-0.2, -0.15) is 0 Å². The third-order valence-corrected chi connectivity index (χ3v) is 13.4. The number of anilines is 1. The van der Waals surface area contributed by atoms with Gasteiger partial charge in [0.2, 0.25) is 5.91 Å². The lowest BCUT2D eigenvalue weighted by Crippen LogP contribution is -2.65. The lowest BCUT2D eigenvalue weighted by atomic mass is 9.34. The molecule has 8 atom stereocenters. The molecule has 1 saturated heterocycles. The predicted octanol–water partition coefficient (Wildman–Crippen LogP) is 7.45. The summed E-state index contributed by atoms with van der Waals surface area (Å²) in [6.07, 6.45) is 13.8. The Morgan fingerprint density at radius 2 is 1.82 bits per heavy atom. The second kappa shape index (κ2) is 8.95. The van der Waals surface area contributed by atoms with E-state index in [-0.39, 0.29) is 22.7 Å². The second-order valence-electron chi connectivity index (χ2n) is 15.3. The van der Waals surface area contributed by atoms with E-state index in [9.17, 15) is 9.59 Å². The van der Waals surface area contributed by atoms with Crippen molar-refractivity contribution in [1.82, 2.24) is 0 Å². The Morgan fingerprint density at radius 3 is 2.58 bits per heavy atom. The van der Waals surface area contributed by atoms with Gasteiger partial charge >= 0.3 is 5.97 Å². The smallest absolute Gasteiger partial charge is 0.311 e. The van der Waals surface area contributed by atoms with Crippen LogP contribution in [0.2, 0.25) is 0 Å². The molecule has 216 valence electrons.